The first kappa shape index (κ1) is 17.9. The molecule has 0 amide bonds. The fourth-order valence-corrected chi connectivity index (χ4v) is 3.11. The van der Waals surface area contributed by atoms with Crippen molar-refractivity contribution >= 4 is 44.6 Å². The smallest absolute Gasteiger partial charge is 0.350 e. The van der Waals surface area contributed by atoms with Crippen LogP contribution in [0.2, 0.25) is 0 Å². The lowest BCUT2D eigenvalue weighted by atomic mass is 10.2. The Hall–Kier alpha value is -2.94. The molecule has 1 N–H and O–H groups in total. The van der Waals surface area contributed by atoms with Gasteiger partial charge in [0, 0.05) is 20.0 Å². The Bertz CT molecular complexity index is 908. The molecule has 8 nitrogen and oxygen atoms in total. The maximum Gasteiger partial charge on any atom is 0.350 e. The average Bonchev–Trinajstić information content (AvgIpc) is 2.95. The molecule has 0 bridgehead atoms. The van der Waals surface area contributed by atoms with Crippen LogP contribution in [0.4, 0.5) is 5.13 Å². The van der Waals surface area contributed by atoms with Crippen molar-refractivity contribution in [2.75, 3.05) is 11.9 Å². The van der Waals surface area contributed by atoms with Gasteiger partial charge in [0.1, 0.15) is 0 Å². The number of carbonyl (C=O) groups is 3. The quantitative estimate of drug-likeness (QED) is 0.493. The van der Waals surface area contributed by atoms with E-state index in [1.165, 1.54) is 31.4 Å². The lowest BCUT2D eigenvalue weighted by molar-refractivity contribution is -0.222. The molecule has 2 heterocycles. The van der Waals surface area contributed by atoms with Crippen molar-refractivity contribution in [3.63, 3.8) is 0 Å². The number of anilines is 1. The summed E-state index contributed by atoms with van der Waals surface area (Å²) < 4.78 is 15.7. The zero-order valence-corrected chi connectivity index (χ0v) is 15.1. The number of carbonyl (C=O) groups excluding carboxylic acids is 3. The molecule has 0 radical (unpaired) electrons. The van der Waals surface area contributed by atoms with Gasteiger partial charge < -0.3 is 19.5 Å². The molecule has 1 aliphatic heterocycles. The molecule has 0 spiro atoms. The summed E-state index contributed by atoms with van der Waals surface area (Å²) in [6.45, 7) is 4.98. The predicted octanol–water partition coefficient (Wildman–Crippen LogP) is 2.60. The number of hydrogen-bond acceptors (Lipinski definition) is 9. The minimum atomic E-state index is -1.29. The Labute approximate surface area is 152 Å². The van der Waals surface area contributed by atoms with Crippen LogP contribution in [0.1, 0.15) is 31.1 Å². The largest absolute Gasteiger partial charge is 0.462 e. The molecule has 0 unspecified atom stereocenters. The zero-order chi connectivity index (χ0) is 18.9. The van der Waals surface area contributed by atoms with Gasteiger partial charge in [-0.2, -0.15) is 0 Å². The molecule has 1 fully saturated rings. The van der Waals surface area contributed by atoms with Gasteiger partial charge >= 0.3 is 17.9 Å². The fraction of sp³-hybridized carbons (Fsp3) is 0.294. The molecule has 0 saturated carbocycles. The summed E-state index contributed by atoms with van der Waals surface area (Å²) in [4.78, 5) is 39.9. The summed E-state index contributed by atoms with van der Waals surface area (Å²) in [5.41, 5.74) is 0.837. The molecule has 3 rings (SSSR count). The maximum absolute atomic E-state index is 11.9. The number of fused-ring (bicyclic) bond motifs is 1. The summed E-state index contributed by atoms with van der Waals surface area (Å²) in [6, 6.07) is 5.00. The highest BCUT2D eigenvalue weighted by molar-refractivity contribution is 7.22. The first-order chi connectivity index (χ1) is 12.3. The number of esters is 3. The van der Waals surface area contributed by atoms with Crippen LogP contribution in [0.5, 0.6) is 0 Å². The van der Waals surface area contributed by atoms with Crippen molar-refractivity contribution in [2.24, 2.45) is 0 Å². The topological polar surface area (TPSA) is 104 Å². The number of benzene rings is 1. The van der Waals surface area contributed by atoms with Gasteiger partial charge in [0.05, 0.1) is 22.4 Å². The normalized spacial score (nSPS) is 16.0. The van der Waals surface area contributed by atoms with Gasteiger partial charge in [-0.05, 0) is 25.1 Å². The van der Waals surface area contributed by atoms with Crippen molar-refractivity contribution in [3.8, 4) is 0 Å². The number of ether oxygens (including phenoxy) is 3. The van der Waals surface area contributed by atoms with E-state index in [9.17, 15) is 14.4 Å². The van der Waals surface area contributed by atoms with Crippen LogP contribution in [-0.2, 0) is 23.8 Å². The van der Waals surface area contributed by atoms with E-state index in [0.717, 1.165) is 4.70 Å². The molecular formula is C17H16N2O6S. The molecule has 0 aliphatic carbocycles. The van der Waals surface area contributed by atoms with Gasteiger partial charge in [-0.3, -0.25) is 0 Å². The first-order valence-corrected chi connectivity index (χ1v) is 8.62. The second-order valence-electron chi connectivity index (χ2n) is 5.80. The molecular weight excluding hydrogens is 360 g/mol. The Balaban J connectivity index is 1.80. The summed E-state index contributed by atoms with van der Waals surface area (Å²) >= 11 is 1.26. The number of aromatic nitrogens is 1. The molecule has 2 aromatic rings. The van der Waals surface area contributed by atoms with Crippen molar-refractivity contribution in [2.45, 2.75) is 26.6 Å². The van der Waals surface area contributed by atoms with Crippen LogP contribution >= 0.6 is 11.3 Å². The third kappa shape index (κ3) is 3.67. The summed E-state index contributed by atoms with van der Waals surface area (Å²) in [6.07, 6.45) is 1.20. The molecule has 1 saturated heterocycles. The maximum atomic E-state index is 11.9. The number of nitrogens with one attached hydrogen (secondary N) is 1. The minimum absolute atomic E-state index is 0.254. The van der Waals surface area contributed by atoms with E-state index in [0.29, 0.717) is 22.8 Å². The van der Waals surface area contributed by atoms with Crippen molar-refractivity contribution < 1.29 is 28.6 Å². The third-order valence-electron chi connectivity index (χ3n) is 3.36. The van der Waals surface area contributed by atoms with E-state index in [4.69, 9.17) is 14.2 Å². The molecule has 9 heteroatoms. The van der Waals surface area contributed by atoms with Crippen LogP contribution < -0.4 is 5.32 Å². The van der Waals surface area contributed by atoms with Gasteiger partial charge in [-0.1, -0.05) is 11.3 Å². The van der Waals surface area contributed by atoms with Gasteiger partial charge in [0.15, 0.2) is 10.7 Å². The lowest BCUT2D eigenvalue weighted by Gasteiger charge is -2.29. The summed E-state index contributed by atoms with van der Waals surface area (Å²) in [5, 5.41) is 3.24. The molecule has 0 atom stereocenters. The average molecular weight is 376 g/mol. The molecule has 26 heavy (non-hydrogen) atoms. The van der Waals surface area contributed by atoms with E-state index >= 15 is 0 Å². The number of nitrogens with zero attached hydrogens (tertiary/aromatic N) is 1. The zero-order valence-electron chi connectivity index (χ0n) is 14.3. The lowest BCUT2D eigenvalue weighted by Crippen LogP contribution is -2.42. The Kier molecular flexibility index (Phi) is 4.64. The summed E-state index contributed by atoms with van der Waals surface area (Å²) in [7, 11) is 0. The molecule has 1 aromatic heterocycles. The van der Waals surface area contributed by atoms with Crippen LogP contribution in [-0.4, -0.2) is 35.3 Å². The van der Waals surface area contributed by atoms with E-state index in [1.807, 2.05) is 0 Å². The predicted molar refractivity (Wildman–Crippen MR) is 93.5 cm³/mol. The third-order valence-corrected chi connectivity index (χ3v) is 4.31. The number of thiazole rings is 1. The highest BCUT2D eigenvalue weighted by Gasteiger charge is 2.39. The van der Waals surface area contributed by atoms with Crippen LogP contribution in [0.25, 0.3) is 10.2 Å². The van der Waals surface area contributed by atoms with Gasteiger partial charge in [0.2, 0.25) is 0 Å². The highest BCUT2D eigenvalue weighted by atomic mass is 32.1. The number of hydrogen-bond donors (Lipinski definition) is 1. The molecule has 1 aliphatic rings. The van der Waals surface area contributed by atoms with E-state index < -0.39 is 23.7 Å². The number of rotatable bonds is 4. The SMILES string of the molecule is CCOC(=O)c1ccc2nc(NC=C3C(=O)OC(C)(C)OC3=O)sc2c1. The fourth-order valence-electron chi connectivity index (χ4n) is 2.24. The van der Waals surface area contributed by atoms with Crippen LogP contribution in [0.3, 0.4) is 0 Å². The van der Waals surface area contributed by atoms with E-state index in [-0.39, 0.29) is 5.57 Å². The van der Waals surface area contributed by atoms with Crippen LogP contribution in [0.15, 0.2) is 30.0 Å². The molecule has 136 valence electrons. The van der Waals surface area contributed by atoms with Gasteiger partial charge in [-0.25, -0.2) is 19.4 Å². The van der Waals surface area contributed by atoms with Crippen molar-refractivity contribution in [3.05, 3.63) is 35.5 Å². The first-order valence-electron chi connectivity index (χ1n) is 7.80. The van der Waals surface area contributed by atoms with E-state index in [2.05, 4.69) is 10.3 Å². The standard InChI is InChI=1S/C17H16N2O6S/c1-4-23-13(20)9-5-6-11-12(7-9)26-16(19-11)18-8-10-14(21)24-17(2,3)25-15(10)22/h5-8H,4H2,1-3H3,(H,18,19). The highest BCUT2D eigenvalue weighted by Crippen LogP contribution is 2.28. The number of cyclic esters (lactones) is 2. The second-order valence-corrected chi connectivity index (χ2v) is 6.83. The van der Waals surface area contributed by atoms with Crippen molar-refractivity contribution in [1.82, 2.24) is 4.98 Å². The second kappa shape index (κ2) is 6.75. The van der Waals surface area contributed by atoms with E-state index in [1.54, 1.807) is 25.1 Å². The summed E-state index contributed by atoms with van der Waals surface area (Å²) in [5.74, 6) is -3.24. The van der Waals surface area contributed by atoms with Crippen molar-refractivity contribution in [1.29, 1.82) is 0 Å². The molecule has 1 aromatic carbocycles. The van der Waals surface area contributed by atoms with Crippen LogP contribution in [0, 0.1) is 0 Å². The van der Waals surface area contributed by atoms with Gasteiger partial charge in [-0.15, -0.1) is 0 Å². The Morgan fingerprint density at radius 3 is 2.65 bits per heavy atom. The Morgan fingerprint density at radius 2 is 2.00 bits per heavy atom. The van der Waals surface area contributed by atoms with Gasteiger partial charge in [0.25, 0.3) is 5.79 Å². The minimum Gasteiger partial charge on any atom is -0.462 e. The Morgan fingerprint density at radius 1 is 1.31 bits per heavy atom. The monoisotopic (exact) mass is 376 g/mol.